The first-order valence-electron chi connectivity index (χ1n) is 6.59. The topological polar surface area (TPSA) is 37.3 Å². The highest BCUT2D eigenvalue weighted by molar-refractivity contribution is 6.75. The molecule has 2 nitrogen and oxygen atoms in total. The molecule has 0 atom stereocenters. The van der Waals surface area contributed by atoms with E-state index in [9.17, 15) is 4.79 Å². The Morgan fingerprint density at radius 3 is 2.00 bits per heavy atom. The Morgan fingerprint density at radius 1 is 1.11 bits per heavy atom. The van der Waals surface area contributed by atoms with E-state index in [4.69, 9.17) is 5.11 Å². The molecular weight excluding hydrogens is 240 g/mol. The van der Waals surface area contributed by atoms with Gasteiger partial charge in [0.2, 0.25) is 0 Å². The second-order valence-corrected chi connectivity index (χ2v) is 9.15. The summed E-state index contributed by atoms with van der Waals surface area (Å²) in [6.07, 6.45) is 0.840. The van der Waals surface area contributed by atoms with Gasteiger partial charge in [0.15, 0.2) is 0 Å². The molecule has 0 aliphatic carbocycles. The normalized spacial score (nSPS) is 11.5. The van der Waals surface area contributed by atoms with Crippen molar-refractivity contribution in [3.8, 4) is 0 Å². The Labute approximate surface area is 112 Å². The number of carboxylic acids is 1. The van der Waals surface area contributed by atoms with Crippen molar-refractivity contribution in [1.82, 2.24) is 0 Å². The molecule has 0 bridgehead atoms. The molecule has 0 saturated heterocycles. The fourth-order valence-electron chi connectivity index (χ4n) is 2.45. The van der Waals surface area contributed by atoms with Gasteiger partial charge >= 0.3 is 5.97 Å². The molecule has 1 aromatic rings. The zero-order valence-corrected chi connectivity index (χ0v) is 12.7. The summed E-state index contributed by atoms with van der Waals surface area (Å²) in [5, 5.41) is 10.1. The van der Waals surface area contributed by atoms with Crippen LogP contribution >= 0.6 is 0 Å². The van der Waals surface area contributed by atoms with E-state index < -0.39 is 14.8 Å². The number of rotatable bonds is 6. The van der Waals surface area contributed by atoms with Gasteiger partial charge < -0.3 is 5.11 Å². The quantitative estimate of drug-likeness (QED) is 0.800. The predicted octanol–water partition coefficient (Wildman–Crippen LogP) is 3.23. The summed E-state index contributed by atoms with van der Waals surface area (Å²) >= 11 is 0. The molecule has 0 aliphatic rings. The molecular formula is C15H23O2Si. The number of aryl methyl sites for hydroxylation is 1. The number of hydrogen-bond acceptors (Lipinski definition) is 1. The maximum Gasteiger partial charge on any atom is 0.303 e. The lowest BCUT2D eigenvalue weighted by molar-refractivity contribution is -0.136. The van der Waals surface area contributed by atoms with E-state index in [-0.39, 0.29) is 6.42 Å². The molecule has 0 fully saturated rings. The van der Waals surface area contributed by atoms with E-state index in [0.29, 0.717) is 6.42 Å². The van der Waals surface area contributed by atoms with E-state index in [0.717, 1.165) is 16.6 Å². The van der Waals surface area contributed by atoms with Gasteiger partial charge in [0.1, 0.15) is 0 Å². The highest BCUT2D eigenvalue weighted by Gasteiger charge is 2.21. The molecule has 1 radical (unpaired) electrons. The van der Waals surface area contributed by atoms with Crippen LogP contribution in [0.4, 0.5) is 0 Å². The van der Waals surface area contributed by atoms with Crippen LogP contribution < -0.4 is 5.19 Å². The van der Waals surface area contributed by atoms with Gasteiger partial charge in [-0.25, -0.2) is 0 Å². The van der Waals surface area contributed by atoms with Crippen LogP contribution in [0.3, 0.4) is 0 Å². The van der Waals surface area contributed by atoms with Crippen molar-refractivity contribution < 1.29 is 9.90 Å². The van der Waals surface area contributed by atoms with Gasteiger partial charge in [-0.05, 0) is 23.1 Å². The molecule has 18 heavy (non-hydrogen) atoms. The number of aliphatic carboxylic acids is 1. The summed E-state index contributed by atoms with van der Waals surface area (Å²) in [6.45, 7) is 9.19. The molecule has 99 valence electrons. The van der Waals surface area contributed by atoms with E-state index in [1.54, 1.807) is 0 Å². The number of hydrogen-bond donors (Lipinski definition) is 1. The minimum atomic E-state index is -0.729. The summed E-state index contributed by atoms with van der Waals surface area (Å²) < 4.78 is 0. The molecule has 0 unspecified atom stereocenters. The smallest absolute Gasteiger partial charge is 0.303 e. The van der Waals surface area contributed by atoms with Crippen LogP contribution in [-0.4, -0.2) is 19.9 Å². The minimum absolute atomic E-state index is 0.214. The molecule has 0 amide bonds. The molecule has 0 saturated carbocycles. The van der Waals surface area contributed by atoms with Gasteiger partial charge in [-0.15, -0.1) is 0 Å². The standard InChI is InChI=1S/C15H23O2Si/c1-11(2)18(12(3)4)14-8-5-13(6-9-14)7-10-15(16)17/h5-6,8-9,11-12H,7,10H2,1-4H3,(H,16,17). The second-order valence-electron chi connectivity index (χ2n) is 5.36. The predicted molar refractivity (Wildman–Crippen MR) is 78.0 cm³/mol. The zero-order valence-electron chi connectivity index (χ0n) is 11.7. The third-order valence-electron chi connectivity index (χ3n) is 3.16. The van der Waals surface area contributed by atoms with E-state index in [1.807, 2.05) is 0 Å². The van der Waals surface area contributed by atoms with Crippen LogP contribution in [0.1, 0.15) is 39.7 Å². The molecule has 0 aromatic heterocycles. The van der Waals surface area contributed by atoms with E-state index in [1.165, 1.54) is 5.19 Å². The van der Waals surface area contributed by atoms with Crippen LogP contribution in [0.25, 0.3) is 0 Å². The SMILES string of the molecule is CC(C)[Si](c1ccc(CCC(=O)O)cc1)C(C)C. The molecule has 1 aromatic carbocycles. The van der Waals surface area contributed by atoms with Crippen molar-refractivity contribution in [3.05, 3.63) is 29.8 Å². The van der Waals surface area contributed by atoms with Crippen molar-refractivity contribution in [2.45, 2.75) is 51.6 Å². The van der Waals surface area contributed by atoms with Crippen molar-refractivity contribution in [2.75, 3.05) is 0 Å². The molecule has 0 heterocycles. The van der Waals surface area contributed by atoms with Gasteiger partial charge in [0.25, 0.3) is 0 Å². The summed E-state index contributed by atoms with van der Waals surface area (Å²) in [7, 11) is -0.520. The van der Waals surface area contributed by atoms with Crippen LogP contribution in [0.5, 0.6) is 0 Å². The Morgan fingerprint density at radius 2 is 1.61 bits per heavy atom. The average molecular weight is 263 g/mol. The highest BCUT2D eigenvalue weighted by Crippen LogP contribution is 2.20. The van der Waals surface area contributed by atoms with Crippen molar-refractivity contribution >= 4 is 20.0 Å². The monoisotopic (exact) mass is 263 g/mol. The maximum absolute atomic E-state index is 10.5. The summed E-state index contributed by atoms with van der Waals surface area (Å²) in [4.78, 5) is 10.5. The Bertz CT molecular complexity index is 374. The average Bonchev–Trinajstić information content (AvgIpc) is 2.27. The summed E-state index contributed by atoms with van der Waals surface area (Å²) in [5.41, 5.74) is 2.56. The Kier molecular flexibility index (Phi) is 5.60. The number of carbonyl (C=O) groups is 1. The van der Waals surface area contributed by atoms with Crippen LogP contribution in [0.15, 0.2) is 24.3 Å². The zero-order chi connectivity index (χ0) is 13.7. The lowest BCUT2D eigenvalue weighted by Crippen LogP contribution is -2.35. The molecule has 0 aliphatic heterocycles. The maximum atomic E-state index is 10.5. The van der Waals surface area contributed by atoms with E-state index in [2.05, 4.69) is 52.0 Å². The summed E-state index contributed by atoms with van der Waals surface area (Å²) in [5.74, 6) is -0.729. The van der Waals surface area contributed by atoms with Gasteiger partial charge in [-0.2, -0.15) is 0 Å². The number of carboxylic acid groups (broad SMARTS) is 1. The fraction of sp³-hybridized carbons (Fsp3) is 0.533. The lowest BCUT2D eigenvalue weighted by Gasteiger charge is -2.23. The fourth-order valence-corrected chi connectivity index (χ4v) is 5.67. The van der Waals surface area contributed by atoms with E-state index >= 15 is 0 Å². The second kappa shape index (κ2) is 6.74. The number of benzene rings is 1. The van der Waals surface area contributed by atoms with Gasteiger partial charge in [0.05, 0.1) is 8.80 Å². The van der Waals surface area contributed by atoms with Crippen LogP contribution in [0.2, 0.25) is 11.1 Å². The van der Waals surface area contributed by atoms with Crippen molar-refractivity contribution in [1.29, 1.82) is 0 Å². The molecule has 3 heteroatoms. The Hall–Kier alpha value is -1.09. The molecule has 1 rings (SSSR count). The first-order valence-corrected chi connectivity index (χ1v) is 8.25. The molecule has 1 N–H and O–H groups in total. The minimum Gasteiger partial charge on any atom is -0.481 e. The third kappa shape index (κ3) is 4.30. The van der Waals surface area contributed by atoms with Crippen LogP contribution in [0, 0.1) is 0 Å². The highest BCUT2D eigenvalue weighted by atomic mass is 28.3. The van der Waals surface area contributed by atoms with Crippen LogP contribution in [-0.2, 0) is 11.2 Å². The van der Waals surface area contributed by atoms with Gasteiger partial charge in [-0.1, -0.05) is 57.1 Å². The van der Waals surface area contributed by atoms with Crippen molar-refractivity contribution in [2.24, 2.45) is 0 Å². The Balaban J connectivity index is 2.77. The molecule has 0 spiro atoms. The van der Waals surface area contributed by atoms with Gasteiger partial charge in [0, 0.05) is 6.42 Å². The summed E-state index contributed by atoms with van der Waals surface area (Å²) in [6, 6.07) is 8.58. The van der Waals surface area contributed by atoms with Gasteiger partial charge in [-0.3, -0.25) is 4.79 Å². The van der Waals surface area contributed by atoms with Crippen molar-refractivity contribution in [3.63, 3.8) is 0 Å². The lowest BCUT2D eigenvalue weighted by atomic mass is 10.1. The largest absolute Gasteiger partial charge is 0.481 e. The first kappa shape index (κ1) is 15.0. The third-order valence-corrected chi connectivity index (χ3v) is 6.65. The first-order chi connectivity index (χ1) is 8.41.